The maximum absolute atomic E-state index is 12.5. The van der Waals surface area contributed by atoms with E-state index >= 15 is 0 Å². The molecule has 0 radical (unpaired) electrons. The van der Waals surface area contributed by atoms with E-state index in [1.54, 1.807) is 23.1 Å². The van der Waals surface area contributed by atoms with Gasteiger partial charge in [0, 0.05) is 18.7 Å². The molecule has 0 saturated carbocycles. The number of urea groups is 1. The van der Waals surface area contributed by atoms with E-state index in [0.29, 0.717) is 30.2 Å². The van der Waals surface area contributed by atoms with Gasteiger partial charge in [0.2, 0.25) is 0 Å². The highest BCUT2D eigenvalue weighted by Gasteiger charge is 2.34. The number of carbonyl (C=O) groups excluding carboxylic acids is 1. The number of rotatable bonds is 5. The zero-order valence-electron chi connectivity index (χ0n) is 13.5. The minimum absolute atomic E-state index is 0.0174. The molecule has 0 aromatic heterocycles. The van der Waals surface area contributed by atoms with Crippen LogP contribution in [0, 0.1) is 0 Å². The van der Waals surface area contributed by atoms with E-state index in [4.69, 9.17) is 9.47 Å². The van der Waals surface area contributed by atoms with Crippen molar-refractivity contribution in [1.82, 2.24) is 4.90 Å². The smallest absolute Gasteiger partial charge is 0.322 e. The van der Waals surface area contributed by atoms with Crippen LogP contribution < -0.4 is 14.8 Å². The summed E-state index contributed by atoms with van der Waals surface area (Å²) >= 11 is 0. The Hall–Kier alpha value is -1.96. The van der Waals surface area contributed by atoms with Crippen molar-refractivity contribution in [2.45, 2.75) is 19.4 Å². The number of amides is 2. The maximum Gasteiger partial charge on any atom is 0.322 e. The molecule has 0 spiro atoms. The highest BCUT2D eigenvalue weighted by Crippen LogP contribution is 2.29. The van der Waals surface area contributed by atoms with E-state index in [0.717, 1.165) is 0 Å². The number of sulfone groups is 1. The van der Waals surface area contributed by atoms with Crippen LogP contribution in [-0.4, -0.2) is 57.7 Å². The molecule has 8 heteroatoms. The lowest BCUT2D eigenvalue weighted by Crippen LogP contribution is -2.43. The van der Waals surface area contributed by atoms with Crippen LogP contribution in [0.2, 0.25) is 0 Å². The standard InChI is InChI=1S/C15H22N2O5S/c1-4-17(11-7-8-23(19,20)10-11)15(18)16-13-9-12(21-2)5-6-14(13)22-3/h5-6,9,11H,4,7-8,10H2,1-3H3,(H,16,18). The Morgan fingerprint density at radius 2 is 2.09 bits per heavy atom. The third kappa shape index (κ3) is 4.07. The number of ether oxygens (including phenoxy) is 2. The molecule has 1 aromatic carbocycles. The van der Waals surface area contributed by atoms with E-state index in [1.165, 1.54) is 14.2 Å². The van der Waals surface area contributed by atoms with Gasteiger partial charge in [0.25, 0.3) is 0 Å². The lowest BCUT2D eigenvalue weighted by molar-refractivity contribution is 0.197. The highest BCUT2D eigenvalue weighted by molar-refractivity contribution is 7.91. The van der Waals surface area contributed by atoms with E-state index < -0.39 is 9.84 Å². The molecule has 7 nitrogen and oxygen atoms in total. The Bertz CT molecular complexity index is 674. The molecule has 23 heavy (non-hydrogen) atoms. The van der Waals surface area contributed by atoms with Gasteiger partial charge in [-0.3, -0.25) is 0 Å². The predicted molar refractivity (Wildman–Crippen MR) is 88.0 cm³/mol. The first kappa shape index (κ1) is 17.4. The van der Waals surface area contributed by atoms with Gasteiger partial charge in [-0.05, 0) is 25.5 Å². The van der Waals surface area contributed by atoms with Crippen molar-refractivity contribution in [3.8, 4) is 11.5 Å². The van der Waals surface area contributed by atoms with Crippen molar-refractivity contribution in [2.75, 3.05) is 37.6 Å². The van der Waals surface area contributed by atoms with Crippen molar-refractivity contribution in [3.63, 3.8) is 0 Å². The second-order valence-electron chi connectivity index (χ2n) is 5.34. The molecule has 128 valence electrons. The molecule has 2 rings (SSSR count). The maximum atomic E-state index is 12.5. The Kier molecular flexibility index (Phi) is 5.35. The SMILES string of the molecule is CCN(C(=O)Nc1cc(OC)ccc1OC)C1CCS(=O)(=O)C1. The number of carbonyl (C=O) groups is 1. The fourth-order valence-electron chi connectivity index (χ4n) is 2.69. The van der Waals surface area contributed by atoms with Crippen LogP contribution in [0.15, 0.2) is 18.2 Å². The lowest BCUT2D eigenvalue weighted by Gasteiger charge is -2.27. The molecule has 1 heterocycles. The molecule has 1 saturated heterocycles. The molecular formula is C15H22N2O5S. The normalized spacial score (nSPS) is 19.2. The van der Waals surface area contributed by atoms with Crippen LogP contribution in [0.5, 0.6) is 11.5 Å². The summed E-state index contributed by atoms with van der Waals surface area (Å²) in [5.74, 6) is 1.25. The number of anilines is 1. The Balaban J connectivity index is 2.16. The molecule has 1 aliphatic heterocycles. The molecule has 2 amide bonds. The van der Waals surface area contributed by atoms with Gasteiger partial charge in [0.1, 0.15) is 11.5 Å². The Morgan fingerprint density at radius 3 is 2.61 bits per heavy atom. The molecule has 0 aliphatic carbocycles. The second kappa shape index (κ2) is 7.08. The summed E-state index contributed by atoms with van der Waals surface area (Å²) < 4.78 is 33.6. The first-order valence-electron chi connectivity index (χ1n) is 7.40. The first-order valence-corrected chi connectivity index (χ1v) is 9.22. The number of nitrogens with one attached hydrogen (secondary N) is 1. The molecule has 1 aliphatic rings. The van der Waals surface area contributed by atoms with Gasteiger partial charge in [-0.2, -0.15) is 0 Å². The fourth-order valence-corrected chi connectivity index (χ4v) is 4.42. The van der Waals surface area contributed by atoms with Crippen molar-refractivity contribution >= 4 is 21.6 Å². The third-order valence-electron chi connectivity index (χ3n) is 3.90. The second-order valence-corrected chi connectivity index (χ2v) is 7.57. The molecule has 1 atom stereocenters. The van der Waals surface area contributed by atoms with E-state index in [9.17, 15) is 13.2 Å². The topological polar surface area (TPSA) is 84.9 Å². The van der Waals surface area contributed by atoms with Crippen molar-refractivity contribution in [3.05, 3.63) is 18.2 Å². The number of nitrogens with zero attached hydrogens (tertiary/aromatic N) is 1. The molecule has 1 aromatic rings. The number of benzene rings is 1. The molecule has 1 unspecified atom stereocenters. The van der Waals surface area contributed by atoms with Crippen molar-refractivity contribution < 1.29 is 22.7 Å². The average molecular weight is 342 g/mol. The number of hydrogen-bond acceptors (Lipinski definition) is 5. The van der Waals surface area contributed by atoms with Gasteiger partial charge < -0.3 is 19.7 Å². The predicted octanol–water partition coefficient (Wildman–Crippen LogP) is 1.74. The Morgan fingerprint density at radius 1 is 1.35 bits per heavy atom. The summed E-state index contributed by atoms with van der Waals surface area (Å²) in [7, 11) is 0.00254. The molecular weight excluding hydrogens is 320 g/mol. The van der Waals surface area contributed by atoms with Crippen LogP contribution in [0.1, 0.15) is 13.3 Å². The Labute approximate surface area is 136 Å². The van der Waals surface area contributed by atoms with Gasteiger partial charge in [0.15, 0.2) is 9.84 Å². The van der Waals surface area contributed by atoms with Crippen molar-refractivity contribution in [2.24, 2.45) is 0 Å². The molecule has 1 fully saturated rings. The average Bonchev–Trinajstić information content (AvgIpc) is 2.87. The summed E-state index contributed by atoms with van der Waals surface area (Å²) in [6.07, 6.45) is 0.471. The third-order valence-corrected chi connectivity index (χ3v) is 5.65. The zero-order valence-corrected chi connectivity index (χ0v) is 14.4. The number of methoxy groups -OCH3 is 2. The molecule has 1 N–H and O–H groups in total. The van der Waals surface area contributed by atoms with E-state index in [-0.39, 0.29) is 23.6 Å². The summed E-state index contributed by atoms with van der Waals surface area (Å²) in [6, 6.07) is 4.46. The quantitative estimate of drug-likeness (QED) is 0.881. The van der Waals surface area contributed by atoms with E-state index in [1.807, 2.05) is 6.92 Å². The van der Waals surface area contributed by atoms with Gasteiger partial charge in [0.05, 0.1) is 31.4 Å². The van der Waals surface area contributed by atoms with Gasteiger partial charge >= 0.3 is 6.03 Å². The summed E-state index contributed by atoms with van der Waals surface area (Å²) in [4.78, 5) is 14.1. The highest BCUT2D eigenvalue weighted by atomic mass is 32.2. The largest absolute Gasteiger partial charge is 0.497 e. The molecule has 0 bridgehead atoms. The van der Waals surface area contributed by atoms with Crippen LogP contribution >= 0.6 is 0 Å². The minimum atomic E-state index is -3.05. The van der Waals surface area contributed by atoms with Gasteiger partial charge in [-0.1, -0.05) is 0 Å². The monoisotopic (exact) mass is 342 g/mol. The van der Waals surface area contributed by atoms with Crippen LogP contribution in [0.4, 0.5) is 10.5 Å². The van der Waals surface area contributed by atoms with Crippen LogP contribution in [-0.2, 0) is 9.84 Å². The summed E-state index contributed by atoms with van der Waals surface area (Å²) in [5, 5.41) is 2.78. The van der Waals surface area contributed by atoms with Crippen LogP contribution in [0.25, 0.3) is 0 Å². The van der Waals surface area contributed by atoms with Gasteiger partial charge in [-0.15, -0.1) is 0 Å². The van der Waals surface area contributed by atoms with Crippen molar-refractivity contribution in [1.29, 1.82) is 0 Å². The van der Waals surface area contributed by atoms with Gasteiger partial charge in [-0.25, -0.2) is 13.2 Å². The van der Waals surface area contributed by atoms with Crippen LogP contribution in [0.3, 0.4) is 0 Å². The number of hydrogen-bond donors (Lipinski definition) is 1. The minimum Gasteiger partial charge on any atom is -0.497 e. The summed E-state index contributed by atoms with van der Waals surface area (Å²) in [5.41, 5.74) is 0.483. The summed E-state index contributed by atoms with van der Waals surface area (Å²) in [6.45, 7) is 2.26. The fraction of sp³-hybridized carbons (Fsp3) is 0.533. The zero-order chi connectivity index (χ0) is 17.0. The van der Waals surface area contributed by atoms with E-state index in [2.05, 4.69) is 5.32 Å². The lowest BCUT2D eigenvalue weighted by atomic mass is 10.2. The first-order chi connectivity index (χ1) is 10.9.